The highest BCUT2D eigenvalue weighted by Crippen LogP contribution is 2.35. The lowest BCUT2D eigenvalue weighted by atomic mass is 9.92. The van der Waals surface area contributed by atoms with Crippen molar-refractivity contribution in [2.24, 2.45) is 10.7 Å². The van der Waals surface area contributed by atoms with Crippen LogP contribution in [0.2, 0.25) is 0 Å². The molecular weight excluding hydrogens is 407 g/mol. The highest BCUT2D eigenvalue weighted by atomic mass is 32.2. The molecule has 0 amide bonds. The second kappa shape index (κ2) is 6.34. The van der Waals surface area contributed by atoms with E-state index in [1.54, 1.807) is 10.9 Å². The van der Waals surface area contributed by atoms with Crippen LogP contribution in [0.25, 0.3) is 23.0 Å². The number of nitrogens with two attached hydrogens (primary N) is 1. The summed E-state index contributed by atoms with van der Waals surface area (Å²) in [5.74, 6) is -0.854. The number of aromatic nitrogens is 3. The lowest BCUT2D eigenvalue weighted by Crippen LogP contribution is -2.50. The van der Waals surface area contributed by atoms with Gasteiger partial charge in [-0.3, -0.25) is 0 Å². The Hall–Kier alpha value is -2.86. The van der Waals surface area contributed by atoms with Crippen LogP contribution in [-0.4, -0.2) is 46.7 Å². The van der Waals surface area contributed by atoms with E-state index in [2.05, 4.69) is 20.2 Å². The summed E-state index contributed by atoms with van der Waals surface area (Å²) >= 11 is 1.39. The van der Waals surface area contributed by atoms with Gasteiger partial charge in [-0.1, -0.05) is 0 Å². The Morgan fingerprint density at radius 2 is 2.07 bits per heavy atom. The van der Waals surface area contributed by atoms with Gasteiger partial charge in [-0.05, 0) is 25.1 Å². The molecule has 9 nitrogen and oxygen atoms in total. The van der Waals surface area contributed by atoms with Crippen LogP contribution in [0.4, 0.5) is 4.39 Å². The van der Waals surface area contributed by atoms with Crippen molar-refractivity contribution in [3.63, 3.8) is 0 Å². The van der Waals surface area contributed by atoms with Gasteiger partial charge in [0.25, 0.3) is 5.89 Å². The SMILES string of the molecule is CN1C(N)=N[C@](C)(c2cc(-c3nnc(-c4cscn4)o3)ccc2F)CS1(=O)=O. The molecule has 146 valence electrons. The zero-order valence-electron chi connectivity index (χ0n) is 14.8. The van der Waals surface area contributed by atoms with Crippen LogP contribution < -0.4 is 5.73 Å². The van der Waals surface area contributed by atoms with Crippen LogP contribution in [0.5, 0.6) is 0 Å². The highest BCUT2D eigenvalue weighted by Gasteiger charge is 2.41. The molecule has 3 aromatic rings. The lowest BCUT2D eigenvalue weighted by Gasteiger charge is -2.34. The number of hydrogen-bond donors (Lipinski definition) is 1. The second-order valence-electron chi connectivity index (χ2n) is 6.45. The van der Waals surface area contributed by atoms with Gasteiger partial charge in [0.05, 0.1) is 11.3 Å². The van der Waals surface area contributed by atoms with E-state index >= 15 is 0 Å². The van der Waals surface area contributed by atoms with Gasteiger partial charge >= 0.3 is 0 Å². The number of sulfonamides is 1. The topological polar surface area (TPSA) is 128 Å². The standard InChI is InChI=1S/C16H15FN6O3S2/c1-16(7-28(24,25)23(2)15(18)20-16)10-5-9(3-4-11(10)17)13-21-22-14(26-13)12-6-27-8-19-12/h3-6,8H,7H2,1-2H3,(H2,18,20)/t16-/m0/s1. The lowest BCUT2D eigenvalue weighted by molar-refractivity contribution is 0.458. The summed E-state index contributed by atoms with van der Waals surface area (Å²) in [6.07, 6.45) is 0. The highest BCUT2D eigenvalue weighted by molar-refractivity contribution is 7.89. The first-order chi connectivity index (χ1) is 13.2. The summed E-state index contributed by atoms with van der Waals surface area (Å²) in [5.41, 5.74) is 7.03. The summed E-state index contributed by atoms with van der Waals surface area (Å²) in [6.45, 7) is 1.52. The molecule has 1 aliphatic rings. The van der Waals surface area contributed by atoms with E-state index < -0.39 is 27.1 Å². The maximum Gasteiger partial charge on any atom is 0.267 e. The number of benzene rings is 1. The predicted molar refractivity (Wildman–Crippen MR) is 101 cm³/mol. The molecule has 4 rings (SSSR count). The molecule has 1 aliphatic heterocycles. The minimum Gasteiger partial charge on any atom is -0.415 e. The number of thiazole rings is 1. The van der Waals surface area contributed by atoms with E-state index in [9.17, 15) is 12.8 Å². The van der Waals surface area contributed by atoms with Gasteiger partial charge in [-0.25, -0.2) is 27.1 Å². The summed E-state index contributed by atoms with van der Waals surface area (Å²) in [4.78, 5) is 8.33. The van der Waals surface area contributed by atoms with Gasteiger partial charge in [0.15, 0.2) is 0 Å². The molecular formula is C16H15FN6O3S2. The van der Waals surface area contributed by atoms with Crippen molar-refractivity contribution in [1.82, 2.24) is 19.5 Å². The molecule has 2 N–H and O–H groups in total. The van der Waals surface area contributed by atoms with E-state index in [4.69, 9.17) is 10.2 Å². The monoisotopic (exact) mass is 422 g/mol. The molecule has 1 atom stereocenters. The largest absolute Gasteiger partial charge is 0.415 e. The number of halogens is 1. The Labute approximate surface area is 163 Å². The summed E-state index contributed by atoms with van der Waals surface area (Å²) < 4.78 is 45.9. The van der Waals surface area contributed by atoms with Crippen molar-refractivity contribution >= 4 is 27.3 Å². The first-order valence-electron chi connectivity index (χ1n) is 8.04. The second-order valence-corrected chi connectivity index (χ2v) is 9.17. The molecule has 3 heterocycles. The fourth-order valence-electron chi connectivity index (χ4n) is 2.92. The van der Waals surface area contributed by atoms with Crippen molar-refractivity contribution in [3.05, 3.63) is 40.5 Å². The van der Waals surface area contributed by atoms with Crippen molar-refractivity contribution in [1.29, 1.82) is 0 Å². The van der Waals surface area contributed by atoms with E-state index in [1.807, 2.05) is 0 Å². The maximum absolute atomic E-state index is 14.6. The first-order valence-corrected chi connectivity index (χ1v) is 10.6. The van der Waals surface area contributed by atoms with Crippen LogP contribution >= 0.6 is 11.3 Å². The minimum atomic E-state index is -3.73. The van der Waals surface area contributed by atoms with Gasteiger partial charge in [-0.15, -0.1) is 21.5 Å². The number of hydrogen-bond acceptors (Lipinski definition) is 9. The number of nitrogens with zero attached hydrogens (tertiary/aromatic N) is 5. The van der Waals surface area contributed by atoms with Crippen LogP contribution in [-0.2, 0) is 15.6 Å². The quantitative estimate of drug-likeness (QED) is 0.682. The fraction of sp³-hybridized carbons (Fsp3) is 0.250. The van der Waals surface area contributed by atoms with Gasteiger partial charge in [0.1, 0.15) is 17.1 Å². The third-order valence-corrected chi connectivity index (χ3v) is 6.97. The molecule has 0 spiro atoms. The van der Waals surface area contributed by atoms with Crippen LogP contribution in [0.1, 0.15) is 12.5 Å². The molecule has 0 aliphatic carbocycles. The Bertz CT molecular complexity index is 1170. The Morgan fingerprint density at radius 1 is 1.32 bits per heavy atom. The Kier molecular flexibility index (Phi) is 4.19. The van der Waals surface area contributed by atoms with Gasteiger partial charge in [0.2, 0.25) is 21.9 Å². The maximum atomic E-state index is 14.6. The normalized spacial score (nSPS) is 21.5. The van der Waals surface area contributed by atoms with Crippen LogP contribution in [0.15, 0.2) is 38.5 Å². The average molecular weight is 422 g/mol. The third kappa shape index (κ3) is 3.03. The average Bonchev–Trinajstić information content (AvgIpc) is 3.31. The van der Waals surface area contributed by atoms with Gasteiger partial charge < -0.3 is 10.2 Å². The number of aliphatic imine (C=N–C) groups is 1. The smallest absolute Gasteiger partial charge is 0.267 e. The fourth-order valence-corrected chi connectivity index (χ4v) is 4.90. The van der Waals surface area contributed by atoms with Crippen molar-refractivity contribution in [2.75, 3.05) is 12.8 Å². The number of rotatable bonds is 3. The van der Waals surface area contributed by atoms with E-state index in [0.29, 0.717) is 11.3 Å². The van der Waals surface area contributed by atoms with E-state index in [0.717, 1.165) is 4.31 Å². The number of guanidine groups is 1. The molecule has 2 aromatic heterocycles. The summed E-state index contributed by atoms with van der Waals surface area (Å²) in [5, 5.41) is 9.68. The predicted octanol–water partition coefficient (Wildman–Crippen LogP) is 1.80. The zero-order chi connectivity index (χ0) is 20.1. The molecule has 0 saturated heterocycles. The molecule has 0 bridgehead atoms. The molecule has 0 fully saturated rings. The van der Waals surface area contributed by atoms with E-state index in [1.165, 1.54) is 43.5 Å². The molecule has 0 radical (unpaired) electrons. The third-order valence-electron chi connectivity index (χ3n) is 4.43. The molecule has 28 heavy (non-hydrogen) atoms. The summed E-state index contributed by atoms with van der Waals surface area (Å²) in [6, 6.07) is 4.13. The minimum absolute atomic E-state index is 0.0676. The summed E-state index contributed by atoms with van der Waals surface area (Å²) in [7, 11) is -2.43. The van der Waals surface area contributed by atoms with Gasteiger partial charge in [0, 0.05) is 23.6 Å². The molecule has 0 unspecified atom stereocenters. The van der Waals surface area contributed by atoms with Crippen LogP contribution in [0, 0.1) is 5.82 Å². The zero-order valence-corrected chi connectivity index (χ0v) is 16.5. The molecule has 1 aromatic carbocycles. The van der Waals surface area contributed by atoms with E-state index in [-0.39, 0.29) is 23.3 Å². The first kappa shape index (κ1) is 18.5. The van der Waals surface area contributed by atoms with Crippen molar-refractivity contribution in [2.45, 2.75) is 12.5 Å². The Morgan fingerprint density at radius 3 is 2.75 bits per heavy atom. The molecule has 12 heteroatoms. The van der Waals surface area contributed by atoms with Crippen molar-refractivity contribution < 1.29 is 17.2 Å². The molecule has 0 saturated carbocycles. The Balaban J connectivity index is 1.78. The van der Waals surface area contributed by atoms with Crippen LogP contribution in [0.3, 0.4) is 0 Å². The van der Waals surface area contributed by atoms with Crippen molar-refractivity contribution in [3.8, 4) is 23.0 Å². The van der Waals surface area contributed by atoms with Gasteiger partial charge in [-0.2, -0.15) is 0 Å².